The van der Waals surface area contributed by atoms with Crippen molar-refractivity contribution in [3.63, 3.8) is 0 Å². The van der Waals surface area contributed by atoms with Crippen LogP contribution in [0.1, 0.15) is 11.1 Å². The van der Waals surface area contributed by atoms with Crippen molar-refractivity contribution in [2.24, 2.45) is 0 Å². The summed E-state index contributed by atoms with van der Waals surface area (Å²) in [6, 6.07) is 12.0. The summed E-state index contributed by atoms with van der Waals surface area (Å²) in [5.74, 6) is 0. The molecular weight excluding hydrogens is 392 g/mol. The zero-order valence-corrected chi connectivity index (χ0v) is 14.1. The number of hydrogen-bond acceptors (Lipinski definition) is 1. The molecule has 0 unspecified atom stereocenters. The fourth-order valence-corrected chi connectivity index (χ4v) is 2.74. The van der Waals surface area contributed by atoms with Gasteiger partial charge in [0.1, 0.15) is 5.15 Å². The molecule has 0 N–H and O–H groups in total. The molecule has 140 valence electrons. The molecule has 8 heteroatoms. The lowest BCUT2D eigenvalue weighted by atomic mass is 10.0. The second-order valence-electron chi connectivity index (χ2n) is 5.69. The summed E-state index contributed by atoms with van der Waals surface area (Å²) in [6.45, 7) is 0. The maximum absolute atomic E-state index is 12.6. The zero-order valence-electron chi connectivity index (χ0n) is 13.4. The first-order valence-corrected chi connectivity index (χ1v) is 7.95. The normalized spacial score (nSPS) is 12.3. The van der Waals surface area contributed by atoms with Crippen molar-refractivity contribution >= 4 is 11.6 Å². The lowest BCUT2D eigenvalue weighted by Gasteiger charge is -2.10. The van der Waals surface area contributed by atoms with Crippen LogP contribution in [0.4, 0.5) is 26.3 Å². The molecule has 1 aromatic heterocycles. The van der Waals surface area contributed by atoms with Crippen LogP contribution in [0.2, 0.25) is 5.15 Å². The molecule has 0 saturated carbocycles. The molecular formula is C19H10ClF6N. The molecule has 0 saturated heterocycles. The summed E-state index contributed by atoms with van der Waals surface area (Å²) in [6.07, 6.45) is -8.87. The minimum absolute atomic E-state index is 0.0344. The highest BCUT2D eigenvalue weighted by Crippen LogP contribution is 2.34. The standard InChI is InChI=1S/C19H10ClF6N/c20-17-15(11-1-5-13(6-2-11)18(21,22)23)9-10-16(27-17)12-3-7-14(8-4-12)19(24,25)26/h1-10H. The Balaban J connectivity index is 1.90. The van der Waals surface area contributed by atoms with E-state index < -0.39 is 23.5 Å². The summed E-state index contributed by atoms with van der Waals surface area (Å²) in [7, 11) is 0. The number of halogens is 7. The average Bonchev–Trinajstić information content (AvgIpc) is 2.60. The molecule has 1 nitrogen and oxygen atoms in total. The maximum Gasteiger partial charge on any atom is 0.416 e. The van der Waals surface area contributed by atoms with Crippen LogP contribution in [0, 0.1) is 0 Å². The van der Waals surface area contributed by atoms with Crippen LogP contribution in [-0.2, 0) is 12.4 Å². The summed E-state index contributed by atoms with van der Waals surface area (Å²) in [5, 5.41) is 0.0344. The van der Waals surface area contributed by atoms with Gasteiger partial charge in [-0.15, -0.1) is 0 Å². The Kier molecular flexibility index (Phi) is 4.90. The van der Waals surface area contributed by atoms with E-state index in [1.165, 1.54) is 24.3 Å². The van der Waals surface area contributed by atoms with Crippen molar-refractivity contribution in [3.05, 3.63) is 76.9 Å². The number of pyridine rings is 1. The first kappa shape index (κ1) is 19.2. The molecule has 0 atom stereocenters. The Bertz CT molecular complexity index is 944. The molecule has 3 rings (SSSR count). The Morgan fingerprint density at radius 1 is 0.593 bits per heavy atom. The summed E-state index contributed by atoms with van der Waals surface area (Å²) in [4.78, 5) is 4.14. The van der Waals surface area contributed by atoms with E-state index >= 15 is 0 Å². The van der Waals surface area contributed by atoms with Gasteiger partial charge in [-0.3, -0.25) is 0 Å². The van der Waals surface area contributed by atoms with E-state index in [2.05, 4.69) is 4.98 Å². The third-order valence-corrected chi connectivity index (χ3v) is 4.17. The smallest absolute Gasteiger partial charge is 0.235 e. The van der Waals surface area contributed by atoms with Gasteiger partial charge in [0.25, 0.3) is 0 Å². The molecule has 27 heavy (non-hydrogen) atoms. The van der Waals surface area contributed by atoms with Crippen LogP contribution in [0.25, 0.3) is 22.4 Å². The number of benzene rings is 2. The number of aromatic nitrogens is 1. The molecule has 0 spiro atoms. The fraction of sp³-hybridized carbons (Fsp3) is 0.105. The van der Waals surface area contributed by atoms with Crippen LogP contribution in [0.3, 0.4) is 0 Å². The van der Waals surface area contributed by atoms with Gasteiger partial charge in [-0.2, -0.15) is 26.3 Å². The monoisotopic (exact) mass is 401 g/mol. The van der Waals surface area contributed by atoms with E-state index in [1.807, 2.05) is 0 Å². The van der Waals surface area contributed by atoms with Gasteiger partial charge in [0.2, 0.25) is 0 Å². The predicted octanol–water partition coefficient (Wildman–Crippen LogP) is 7.11. The summed E-state index contributed by atoms with van der Waals surface area (Å²) in [5.41, 5.74) is 0.0872. The molecule has 0 amide bonds. The first-order chi connectivity index (χ1) is 12.6. The van der Waals surface area contributed by atoms with Crippen LogP contribution < -0.4 is 0 Å². The Morgan fingerprint density at radius 2 is 1.04 bits per heavy atom. The lowest BCUT2D eigenvalue weighted by molar-refractivity contribution is -0.138. The third-order valence-electron chi connectivity index (χ3n) is 3.88. The highest BCUT2D eigenvalue weighted by Gasteiger charge is 2.30. The van der Waals surface area contributed by atoms with Crippen molar-refractivity contribution in [1.82, 2.24) is 4.98 Å². The molecule has 0 aliphatic rings. The van der Waals surface area contributed by atoms with E-state index in [4.69, 9.17) is 11.6 Å². The molecule has 0 radical (unpaired) electrons. The van der Waals surface area contributed by atoms with Gasteiger partial charge in [0, 0.05) is 11.1 Å². The quantitative estimate of drug-likeness (QED) is 0.329. The number of hydrogen-bond donors (Lipinski definition) is 0. The second-order valence-corrected chi connectivity index (χ2v) is 6.04. The largest absolute Gasteiger partial charge is 0.416 e. The van der Waals surface area contributed by atoms with Crippen LogP contribution >= 0.6 is 11.6 Å². The number of alkyl halides is 6. The lowest BCUT2D eigenvalue weighted by Crippen LogP contribution is -2.04. The Labute approximate surface area is 155 Å². The van der Waals surface area contributed by atoms with Crippen molar-refractivity contribution in [2.45, 2.75) is 12.4 Å². The van der Waals surface area contributed by atoms with Gasteiger partial charge >= 0.3 is 12.4 Å². The molecule has 0 bridgehead atoms. The van der Waals surface area contributed by atoms with Gasteiger partial charge in [0.15, 0.2) is 0 Å². The predicted molar refractivity (Wildman–Crippen MR) is 90.1 cm³/mol. The first-order valence-electron chi connectivity index (χ1n) is 7.57. The maximum atomic E-state index is 12.6. The van der Waals surface area contributed by atoms with E-state index in [9.17, 15) is 26.3 Å². The van der Waals surface area contributed by atoms with Gasteiger partial charge in [-0.25, -0.2) is 4.98 Å². The molecule has 3 aromatic rings. The van der Waals surface area contributed by atoms with Crippen molar-refractivity contribution in [2.75, 3.05) is 0 Å². The number of nitrogens with zero attached hydrogens (tertiary/aromatic N) is 1. The van der Waals surface area contributed by atoms with E-state index in [0.29, 0.717) is 22.4 Å². The van der Waals surface area contributed by atoms with E-state index in [-0.39, 0.29) is 5.15 Å². The van der Waals surface area contributed by atoms with Crippen LogP contribution in [-0.4, -0.2) is 4.98 Å². The van der Waals surface area contributed by atoms with Crippen molar-refractivity contribution in [3.8, 4) is 22.4 Å². The molecule has 0 aliphatic heterocycles. The van der Waals surface area contributed by atoms with Crippen LogP contribution in [0.15, 0.2) is 60.7 Å². The van der Waals surface area contributed by atoms with E-state index in [0.717, 1.165) is 24.3 Å². The van der Waals surface area contributed by atoms with Crippen molar-refractivity contribution in [1.29, 1.82) is 0 Å². The second kappa shape index (κ2) is 6.88. The van der Waals surface area contributed by atoms with Crippen LogP contribution in [0.5, 0.6) is 0 Å². The van der Waals surface area contributed by atoms with Gasteiger partial charge in [0.05, 0.1) is 16.8 Å². The average molecular weight is 402 g/mol. The minimum atomic E-state index is -4.44. The Morgan fingerprint density at radius 3 is 1.44 bits per heavy atom. The fourth-order valence-electron chi connectivity index (χ4n) is 2.48. The molecule has 2 aromatic carbocycles. The SMILES string of the molecule is FC(F)(F)c1ccc(-c2ccc(-c3ccc(C(F)(F)F)cc3)c(Cl)n2)cc1. The van der Waals surface area contributed by atoms with Crippen molar-refractivity contribution < 1.29 is 26.3 Å². The summed E-state index contributed by atoms with van der Waals surface area (Å²) < 4.78 is 75.8. The van der Waals surface area contributed by atoms with Gasteiger partial charge < -0.3 is 0 Å². The molecule has 0 fully saturated rings. The minimum Gasteiger partial charge on any atom is -0.235 e. The Hall–Kier alpha value is -2.54. The third kappa shape index (κ3) is 4.24. The summed E-state index contributed by atoms with van der Waals surface area (Å²) >= 11 is 6.13. The molecule has 0 aliphatic carbocycles. The van der Waals surface area contributed by atoms with Gasteiger partial charge in [-0.1, -0.05) is 35.9 Å². The van der Waals surface area contributed by atoms with E-state index in [1.54, 1.807) is 12.1 Å². The zero-order chi connectivity index (χ0) is 19.8. The highest BCUT2D eigenvalue weighted by molar-refractivity contribution is 6.32. The molecule has 1 heterocycles. The number of rotatable bonds is 2. The topological polar surface area (TPSA) is 12.9 Å². The van der Waals surface area contributed by atoms with Gasteiger partial charge in [-0.05, 0) is 42.0 Å². The highest BCUT2D eigenvalue weighted by atomic mass is 35.5.